The molecule has 32 heavy (non-hydrogen) atoms. The smallest absolute Gasteiger partial charge is 0.0789 e. The van der Waals surface area contributed by atoms with Crippen LogP contribution in [0.25, 0.3) is 11.1 Å². The molecule has 0 aliphatic carbocycles. The van der Waals surface area contributed by atoms with Crippen molar-refractivity contribution in [1.29, 1.82) is 0 Å². The van der Waals surface area contributed by atoms with E-state index in [1.807, 2.05) is 0 Å². The maximum Gasteiger partial charge on any atom is 0.0789 e. The highest BCUT2D eigenvalue weighted by Gasteiger charge is 2.20. The summed E-state index contributed by atoms with van der Waals surface area (Å²) in [7, 11) is 0. The maximum absolute atomic E-state index is 2.33. The van der Waals surface area contributed by atoms with Gasteiger partial charge in [0.05, 0.1) is 52.4 Å². The number of quaternary nitrogens is 2. The summed E-state index contributed by atoms with van der Waals surface area (Å²) >= 11 is 0. The molecule has 178 valence electrons. The Hall–Kier alpha value is -1.64. The van der Waals surface area contributed by atoms with E-state index >= 15 is 0 Å². The first-order valence-electron chi connectivity index (χ1n) is 13.4. The molecule has 0 fully saturated rings. The van der Waals surface area contributed by atoms with Gasteiger partial charge in [0.2, 0.25) is 0 Å². The zero-order valence-electron chi connectivity index (χ0n) is 22.0. The number of rotatable bonds is 15. The summed E-state index contributed by atoms with van der Waals surface area (Å²) in [5.74, 6) is 0. The molecule has 2 aromatic rings. The largest absolute Gasteiger partial charge is 0.324 e. The first-order chi connectivity index (χ1) is 15.5. The lowest BCUT2D eigenvalue weighted by Crippen LogP contribution is -2.48. The molecule has 0 amide bonds. The summed E-state index contributed by atoms with van der Waals surface area (Å²) < 4.78 is 2.50. The lowest BCUT2D eigenvalue weighted by Gasteiger charge is -2.35. The van der Waals surface area contributed by atoms with Gasteiger partial charge in [-0.3, -0.25) is 0 Å². The van der Waals surface area contributed by atoms with Gasteiger partial charge in [-0.2, -0.15) is 0 Å². The predicted octanol–water partition coefficient (Wildman–Crippen LogP) is 6.97. The third-order valence-electron chi connectivity index (χ3n) is 8.46. The fourth-order valence-electron chi connectivity index (χ4n) is 5.26. The molecule has 2 rings (SSSR count). The number of benzene rings is 2. The summed E-state index contributed by atoms with van der Waals surface area (Å²) in [5, 5.41) is 0. The SMILES string of the molecule is CC[N+](CC)(CC)CCCc1ccc(-c2ccc(CCC[N+](CC)(CC)CC)cc2)cc1. The summed E-state index contributed by atoms with van der Waals surface area (Å²) in [6.45, 7) is 24.1. The van der Waals surface area contributed by atoms with Gasteiger partial charge in [-0.15, -0.1) is 0 Å². The van der Waals surface area contributed by atoms with E-state index in [1.54, 1.807) is 0 Å². The molecule has 0 aliphatic rings. The van der Waals surface area contributed by atoms with Crippen molar-refractivity contribution < 1.29 is 8.97 Å². The second-order valence-corrected chi connectivity index (χ2v) is 9.63. The van der Waals surface area contributed by atoms with Crippen LogP contribution in [0.5, 0.6) is 0 Å². The van der Waals surface area contributed by atoms with Gasteiger partial charge in [-0.05, 0) is 76.6 Å². The predicted molar refractivity (Wildman–Crippen MR) is 142 cm³/mol. The average Bonchev–Trinajstić information content (AvgIpc) is 2.86. The Morgan fingerprint density at radius 2 is 0.719 bits per heavy atom. The minimum atomic E-state index is 1.19. The van der Waals surface area contributed by atoms with Gasteiger partial charge in [-0.1, -0.05) is 48.5 Å². The number of hydrogen-bond acceptors (Lipinski definition) is 0. The van der Waals surface area contributed by atoms with Crippen molar-refractivity contribution in [2.75, 3.05) is 52.4 Å². The molecular formula is C30H50N2+2. The van der Waals surface area contributed by atoms with E-state index in [0.717, 1.165) is 0 Å². The maximum atomic E-state index is 2.33. The Bertz CT molecular complexity index is 668. The quantitative estimate of drug-likeness (QED) is 0.263. The monoisotopic (exact) mass is 438 g/mol. The Morgan fingerprint density at radius 1 is 0.438 bits per heavy atom. The Morgan fingerprint density at radius 3 is 0.969 bits per heavy atom. The molecule has 0 radical (unpaired) electrons. The van der Waals surface area contributed by atoms with Crippen LogP contribution < -0.4 is 0 Å². The molecule has 0 heterocycles. The van der Waals surface area contributed by atoms with Crippen molar-refractivity contribution in [3.63, 3.8) is 0 Å². The highest BCUT2D eigenvalue weighted by atomic mass is 15.3. The Labute approximate surface area is 199 Å². The molecule has 0 saturated heterocycles. The van der Waals surface area contributed by atoms with Crippen LogP contribution in [0.4, 0.5) is 0 Å². The van der Waals surface area contributed by atoms with E-state index in [9.17, 15) is 0 Å². The molecule has 2 heteroatoms. The normalized spacial score (nSPS) is 12.3. The summed E-state index contributed by atoms with van der Waals surface area (Å²) in [5.41, 5.74) is 5.60. The van der Waals surface area contributed by atoms with Crippen molar-refractivity contribution in [3.8, 4) is 11.1 Å². The van der Waals surface area contributed by atoms with Crippen LogP contribution in [0.15, 0.2) is 48.5 Å². The second-order valence-electron chi connectivity index (χ2n) is 9.63. The molecule has 0 aliphatic heterocycles. The van der Waals surface area contributed by atoms with E-state index in [0.29, 0.717) is 0 Å². The molecule has 0 saturated carbocycles. The van der Waals surface area contributed by atoms with Crippen LogP contribution in [0.2, 0.25) is 0 Å². The zero-order chi connectivity index (χ0) is 23.5. The van der Waals surface area contributed by atoms with Gasteiger partial charge >= 0.3 is 0 Å². The van der Waals surface area contributed by atoms with E-state index in [2.05, 4.69) is 90.1 Å². The molecule has 0 atom stereocenters. The lowest BCUT2D eigenvalue weighted by atomic mass is 9.99. The van der Waals surface area contributed by atoms with E-state index in [4.69, 9.17) is 0 Å². The minimum absolute atomic E-state index is 1.19. The highest BCUT2D eigenvalue weighted by Crippen LogP contribution is 2.22. The van der Waals surface area contributed by atoms with Crippen LogP contribution >= 0.6 is 0 Å². The van der Waals surface area contributed by atoms with Gasteiger partial charge in [0.25, 0.3) is 0 Å². The standard InChI is InChI=1S/C30H50N2/c1-7-31(8-2,9-3)25-13-15-27-17-21-29(22-18-27)30-23-19-28(20-24-30)16-14-26-32(10-4,11-5)12-6/h17-24H,7-16,25-26H2,1-6H3/q+2. The molecule has 0 aromatic heterocycles. The topological polar surface area (TPSA) is 0 Å². The molecular weight excluding hydrogens is 388 g/mol. The molecule has 2 nitrogen and oxygen atoms in total. The molecule has 2 aromatic carbocycles. The number of aryl methyl sites for hydroxylation is 2. The highest BCUT2D eigenvalue weighted by molar-refractivity contribution is 5.63. The van der Waals surface area contributed by atoms with Crippen molar-refractivity contribution in [2.24, 2.45) is 0 Å². The van der Waals surface area contributed by atoms with Crippen LogP contribution in [0.1, 0.15) is 65.5 Å². The molecule has 0 unspecified atom stereocenters. The summed E-state index contributed by atoms with van der Waals surface area (Å²) in [6.07, 6.45) is 4.92. The third-order valence-corrected chi connectivity index (χ3v) is 8.46. The van der Waals surface area contributed by atoms with Crippen LogP contribution in [0, 0.1) is 0 Å². The fraction of sp³-hybridized carbons (Fsp3) is 0.600. The number of nitrogens with zero attached hydrogens (tertiary/aromatic N) is 2. The van der Waals surface area contributed by atoms with E-state index in [-0.39, 0.29) is 0 Å². The zero-order valence-corrected chi connectivity index (χ0v) is 22.0. The van der Waals surface area contributed by atoms with Gasteiger partial charge < -0.3 is 8.97 Å². The fourth-order valence-corrected chi connectivity index (χ4v) is 5.26. The average molecular weight is 439 g/mol. The summed E-state index contributed by atoms with van der Waals surface area (Å²) in [6, 6.07) is 18.6. The van der Waals surface area contributed by atoms with Gasteiger partial charge in [0, 0.05) is 12.8 Å². The van der Waals surface area contributed by atoms with Crippen LogP contribution in [-0.2, 0) is 12.8 Å². The summed E-state index contributed by atoms with van der Waals surface area (Å²) in [4.78, 5) is 0. The lowest BCUT2D eigenvalue weighted by molar-refractivity contribution is -0.923. The molecule has 0 bridgehead atoms. The third kappa shape index (κ3) is 7.18. The van der Waals surface area contributed by atoms with Gasteiger partial charge in [0.15, 0.2) is 0 Å². The second kappa shape index (κ2) is 13.2. The first-order valence-corrected chi connectivity index (χ1v) is 13.4. The molecule has 0 spiro atoms. The van der Waals surface area contributed by atoms with Crippen LogP contribution in [0.3, 0.4) is 0 Å². The van der Waals surface area contributed by atoms with E-state index in [1.165, 1.54) is 109 Å². The van der Waals surface area contributed by atoms with Crippen molar-refractivity contribution in [3.05, 3.63) is 59.7 Å². The number of hydrogen-bond donors (Lipinski definition) is 0. The molecule has 0 N–H and O–H groups in total. The van der Waals surface area contributed by atoms with Crippen LogP contribution in [-0.4, -0.2) is 61.3 Å². The van der Waals surface area contributed by atoms with Crippen molar-refractivity contribution >= 4 is 0 Å². The Balaban J connectivity index is 1.88. The van der Waals surface area contributed by atoms with Crippen molar-refractivity contribution in [2.45, 2.75) is 67.2 Å². The Kier molecular flexibility index (Phi) is 10.9. The van der Waals surface area contributed by atoms with Gasteiger partial charge in [-0.25, -0.2) is 0 Å². The van der Waals surface area contributed by atoms with Gasteiger partial charge in [0.1, 0.15) is 0 Å². The minimum Gasteiger partial charge on any atom is -0.324 e. The van der Waals surface area contributed by atoms with Crippen molar-refractivity contribution in [1.82, 2.24) is 0 Å². The van der Waals surface area contributed by atoms with E-state index < -0.39 is 0 Å². The first kappa shape index (κ1) is 26.6.